The summed E-state index contributed by atoms with van der Waals surface area (Å²) in [5.74, 6) is -0.0437. The molecular weight excluding hydrogens is 272 g/mol. The van der Waals surface area contributed by atoms with Crippen LogP contribution in [0.15, 0.2) is 18.2 Å². The molecule has 1 unspecified atom stereocenters. The Kier molecular flexibility index (Phi) is 4.37. The molecule has 1 atom stereocenters. The van der Waals surface area contributed by atoms with Gasteiger partial charge in [-0.05, 0) is 32.0 Å². The van der Waals surface area contributed by atoms with Crippen LogP contribution >= 0.6 is 0 Å². The van der Waals surface area contributed by atoms with Gasteiger partial charge in [0.1, 0.15) is 5.75 Å². The first kappa shape index (κ1) is 15.2. The molecule has 1 saturated heterocycles. The number of carbonyl (C=O) groups excluding carboxylic acids is 3. The molecule has 0 aliphatic carbocycles. The van der Waals surface area contributed by atoms with E-state index in [-0.39, 0.29) is 24.1 Å². The number of methoxy groups -OCH3 is 1. The van der Waals surface area contributed by atoms with Crippen molar-refractivity contribution in [3.63, 3.8) is 0 Å². The van der Waals surface area contributed by atoms with Crippen LogP contribution < -0.4 is 10.1 Å². The Morgan fingerprint density at radius 2 is 2.14 bits per heavy atom. The van der Waals surface area contributed by atoms with E-state index >= 15 is 0 Å². The Morgan fingerprint density at radius 3 is 2.76 bits per heavy atom. The molecule has 1 aliphatic heterocycles. The van der Waals surface area contributed by atoms with E-state index in [9.17, 15) is 14.4 Å². The molecule has 1 aliphatic rings. The highest BCUT2D eigenvalue weighted by atomic mass is 16.5. The third kappa shape index (κ3) is 3.28. The van der Waals surface area contributed by atoms with E-state index in [1.165, 1.54) is 6.92 Å². The van der Waals surface area contributed by atoms with Crippen molar-refractivity contribution in [2.24, 2.45) is 0 Å². The van der Waals surface area contributed by atoms with Crippen molar-refractivity contribution in [3.8, 4) is 5.75 Å². The van der Waals surface area contributed by atoms with E-state index < -0.39 is 6.04 Å². The monoisotopic (exact) mass is 290 g/mol. The molecule has 1 N–H and O–H groups in total. The second-order valence-electron chi connectivity index (χ2n) is 5.08. The van der Waals surface area contributed by atoms with Crippen molar-refractivity contribution in [1.29, 1.82) is 0 Å². The van der Waals surface area contributed by atoms with Gasteiger partial charge in [-0.25, -0.2) is 0 Å². The van der Waals surface area contributed by atoms with Crippen LogP contribution in [0.4, 0.5) is 0 Å². The average Bonchev–Trinajstić information content (AvgIpc) is 2.44. The first-order valence-corrected chi connectivity index (χ1v) is 6.68. The first-order valence-electron chi connectivity index (χ1n) is 6.68. The Labute approximate surface area is 123 Å². The summed E-state index contributed by atoms with van der Waals surface area (Å²) in [7, 11) is 1.55. The summed E-state index contributed by atoms with van der Waals surface area (Å²) >= 11 is 0. The van der Waals surface area contributed by atoms with Crippen molar-refractivity contribution in [3.05, 3.63) is 29.3 Å². The molecule has 1 aromatic rings. The molecular formula is C15H18N2O4. The number of piperazine rings is 1. The number of ether oxygens (including phenoxy) is 1. The standard InChI is InChI=1S/C15H18N2O4/c1-9-15(20)16-14(19)8-17(9)7-12-6-11(10(2)18)4-5-13(12)21-3/h4-6,9H,7-8H2,1-3H3,(H,16,19,20). The second-order valence-corrected chi connectivity index (χ2v) is 5.08. The minimum atomic E-state index is -0.409. The lowest BCUT2D eigenvalue weighted by molar-refractivity contribution is -0.139. The second kappa shape index (κ2) is 6.05. The molecule has 2 amide bonds. The number of amides is 2. The number of ketones is 1. The van der Waals surface area contributed by atoms with Crippen LogP contribution in [-0.2, 0) is 16.1 Å². The predicted octanol–water partition coefficient (Wildman–Crippen LogP) is 0.745. The average molecular weight is 290 g/mol. The molecule has 0 saturated carbocycles. The van der Waals surface area contributed by atoms with Gasteiger partial charge in [0, 0.05) is 17.7 Å². The van der Waals surface area contributed by atoms with Gasteiger partial charge in [0.15, 0.2) is 5.78 Å². The summed E-state index contributed by atoms with van der Waals surface area (Å²) < 4.78 is 5.29. The molecule has 0 bridgehead atoms. The lowest BCUT2D eigenvalue weighted by Gasteiger charge is -2.31. The highest BCUT2D eigenvalue weighted by molar-refractivity contribution is 6.00. The van der Waals surface area contributed by atoms with Gasteiger partial charge in [-0.1, -0.05) is 0 Å². The maximum absolute atomic E-state index is 11.7. The summed E-state index contributed by atoms with van der Waals surface area (Å²) in [6.45, 7) is 3.74. The lowest BCUT2D eigenvalue weighted by Crippen LogP contribution is -2.56. The Bertz CT molecular complexity index is 597. The number of nitrogens with zero attached hydrogens (tertiary/aromatic N) is 1. The van der Waals surface area contributed by atoms with Gasteiger partial charge < -0.3 is 4.74 Å². The molecule has 0 radical (unpaired) electrons. The summed E-state index contributed by atoms with van der Waals surface area (Å²) in [5.41, 5.74) is 1.35. The van der Waals surface area contributed by atoms with Gasteiger partial charge in [-0.15, -0.1) is 0 Å². The highest BCUT2D eigenvalue weighted by Gasteiger charge is 2.30. The van der Waals surface area contributed by atoms with Crippen molar-refractivity contribution in [2.45, 2.75) is 26.4 Å². The summed E-state index contributed by atoms with van der Waals surface area (Å²) in [6, 6.07) is 4.75. The molecule has 6 nitrogen and oxygen atoms in total. The number of hydrogen-bond donors (Lipinski definition) is 1. The van der Waals surface area contributed by atoms with Gasteiger partial charge in [-0.2, -0.15) is 0 Å². The van der Waals surface area contributed by atoms with Gasteiger partial charge in [-0.3, -0.25) is 24.6 Å². The van der Waals surface area contributed by atoms with E-state index in [0.29, 0.717) is 17.9 Å². The lowest BCUT2D eigenvalue weighted by atomic mass is 10.0. The zero-order valence-corrected chi connectivity index (χ0v) is 12.3. The summed E-state index contributed by atoms with van der Waals surface area (Å²) in [5, 5.41) is 2.30. The predicted molar refractivity (Wildman–Crippen MR) is 76.0 cm³/mol. The van der Waals surface area contributed by atoms with Crippen LogP contribution in [0.1, 0.15) is 29.8 Å². The van der Waals surface area contributed by atoms with Gasteiger partial charge in [0.05, 0.1) is 19.7 Å². The van der Waals surface area contributed by atoms with Crippen LogP contribution in [0.3, 0.4) is 0 Å². The quantitative estimate of drug-likeness (QED) is 0.654. The molecule has 2 rings (SSSR count). The zero-order valence-electron chi connectivity index (χ0n) is 12.3. The Hall–Kier alpha value is -2.21. The molecule has 21 heavy (non-hydrogen) atoms. The van der Waals surface area contributed by atoms with Crippen LogP contribution in [0.25, 0.3) is 0 Å². The number of Topliss-reactive ketones (excluding diaryl/α,β-unsaturated/α-hetero) is 1. The first-order chi connectivity index (χ1) is 9.92. The number of carbonyl (C=O) groups is 3. The van der Waals surface area contributed by atoms with E-state index in [1.54, 1.807) is 37.1 Å². The van der Waals surface area contributed by atoms with E-state index in [4.69, 9.17) is 4.74 Å². The van der Waals surface area contributed by atoms with Crippen LogP contribution in [-0.4, -0.2) is 42.2 Å². The van der Waals surface area contributed by atoms with Crippen molar-refractivity contribution in [2.75, 3.05) is 13.7 Å². The minimum absolute atomic E-state index is 0.0422. The third-order valence-electron chi connectivity index (χ3n) is 3.60. The maximum Gasteiger partial charge on any atom is 0.243 e. The fourth-order valence-electron chi connectivity index (χ4n) is 2.30. The molecule has 1 fully saturated rings. The molecule has 112 valence electrons. The number of rotatable bonds is 4. The largest absolute Gasteiger partial charge is 0.496 e. The SMILES string of the molecule is COc1ccc(C(C)=O)cc1CN1CC(=O)NC(=O)C1C. The minimum Gasteiger partial charge on any atom is -0.496 e. The van der Waals surface area contributed by atoms with Crippen molar-refractivity contribution >= 4 is 17.6 Å². The van der Waals surface area contributed by atoms with E-state index in [1.807, 2.05) is 0 Å². The van der Waals surface area contributed by atoms with Crippen LogP contribution in [0.2, 0.25) is 0 Å². The fraction of sp³-hybridized carbons (Fsp3) is 0.400. The smallest absolute Gasteiger partial charge is 0.243 e. The van der Waals surface area contributed by atoms with Crippen molar-refractivity contribution in [1.82, 2.24) is 10.2 Å². The van der Waals surface area contributed by atoms with Gasteiger partial charge in [0.2, 0.25) is 11.8 Å². The Balaban J connectivity index is 2.28. The summed E-state index contributed by atoms with van der Waals surface area (Å²) in [4.78, 5) is 36.4. The summed E-state index contributed by atoms with van der Waals surface area (Å²) in [6.07, 6.45) is 0. The maximum atomic E-state index is 11.7. The van der Waals surface area contributed by atoms with Crippen LogP contribution in [0, 0.1) is 0 Å². The number of nitrogens with one attached hydrogen (secondary N) is 1. The number of hydrogen-bond acceptors (Lipinski definition) is 5. The Morgan fingerprint density at radius 1 is 1.43 bits per heavy atom. The molecule has 1 heterocycles. The molecule has 0 aromatic heterocycles. The van der Waals surface area contributed by atoms with Crippen molar-refractivity contribution < 1.29 is 19.1 Å². The zero-order chi connectivity index (χ0) is 15.6. The highest BCUT2D eigenvalue weighted by Crippen LogP contribution is 2.23. The van der Waals surface area contributed by atoms with Gasteiger partial charge >= 0.3 is 0 Å². The van der Waals surface area contributed by atoms with Crippen LogP contribution in [0.5, 0.6) is 5.75 Å². The topological polar surface area (TPSA) is 75.7 Å². The number of benzene rings is 1. The molecule has 0 spiro atoms. The fourth-order valence-corrected chi connectivity index (χ4v) is 2.30. The van der Waals surface area contributed by atoms with E-state index in [2.05, 4.69) is 5.32 Å². The normalized spacial score (nSPS) is 19.3. The third-order valence-corrected chi connectivity index (χ3v) is 3.60. The number of imide groups is 1. The van der Waals surface area contributed by atoms with Gasteiger partial charge in [0.25, 0.3) is 0 Å². The molecule has 6 heteroatoms. The van der Waals surface area contributed by atoms with E-state index in [0.717, 1.165) is 5.56 Å². The molecule has 1 aromatic carbocycles.